The molecule has 1 aliphatic heterocycles. The average Bonchev–Trinajstić information content (AvgIpc) is 2.92. The summed E-state index contributed by atoms with van der Waals surface area (Å²) in [5.41, 5.74) is 4.10. The highest BCUT2D eigenvalue weighted by atomic mass is 16.5. The summed E-state index contributed by atoms with van der Waals surface area (Å²) in [6.07, 6.45) is 0. The molecular formula is C18H22N2O2. The van der Waals surface area contributed by atoms with Crippen molar-refractivity contribution in [2.45, 2.75) is 20.4 Å². The number of ether oxygens (including phenoxy) is 1. The molecule has 0 saturated carbocycles. The van der Waals surface area contributed by atoms with Gasteiger partial charge in [0.2, 0.25) is 0 Å². The topological polar surface area (TPSA) is 34.5 Å². The molecule has 0 bridgehead atoms. The summed E-state index contributed by atoms with van der Waals surface area (Å²) in [7, 11) is 0. The molecule has 1 saturated heterocycles. The van der Waals surface area contributed by atoms with Gasteiger partial charge in [0.05, 0.1) is 18.8 Å². The van der Waals surface area contributed by atoms with Crippen LogP contribution in [-0.4, -0.2) is 41.7 Å². The first-order valence-electron chi connectivity index (χ1n) is 7.85. The molecule has 1 aromatic heterocycles. The van der Waals surface area contributed by atoms with E-state index in [9.17, 15) is 4.79 Å². The zero-order valence-corrected chi connectivity index (χ0v) is 13.2. The molecule has 1 aliphatic rings. The van der Waals surface area contributed by atoms with Crippen LogP contribution in [0, 0.1) is 6.92 Å². The number of carbonyl (C=O) groups is 1. The van der Waals surface area contributed by atoms with E-state index >= 15 is 0 Å². The Kier molecular flexibility index (Phi) is 4.29. The highest BCUT2D eigenvalue weighted by Gasteiger charge is 2.23. The number of morpholine rings is 1. The normalized spacial score (nSPS) is 15.1. The summed E-state index contributed by atoms with van der Waals surface area (Å²) in [6.45, 7) is 7.61. The molecule has 2 aromatic rings. The lowest BCUT2D eigenvalue weighted by Gasteiger charge is -2.26. The van der Waals surface area contributed by atoms with E-state index in [0.717, 1.165) is 29.1 Å². The summed E-state index contributed by atoms with van der Waals surface area (Å²) in [4.78, 5) is 14.7. The molecule has 116 valence electrons. The van der Waals surface area contributed by atoms with E-state index in [-0.39, 0.29) is 5.91 Å². The van der Waals surface area contributed by atoms with Crippen molar-refractivity contribution < 1.29 is 9.53 Å². The number of rotatable bonds is 3. The molecule has 0 aliphatic carbocycles. The maximum atomic E-state index is 12.8. The van der Waals surface area contributed by atoms with Crippen molar-refractivity contribution in [3.8, 4) is 11.3 Å². The summed E-state index contributed by atoms with van der Waals surface area (Å²) in [5.74, 6) is 0.116. The van der Waals surface area contributed by atoms with E-state index in [0.29, 0.717) is 26.3 Å². The Hall–Kier alpha value is -2.07. The first kappa shape index (κ1) is 14.9. The molecule has 4 nitrogen and oxygen atoms in total. The lowest BCUT2D eigenvalue weighted by atomic mass is 10.1. The maximum Gasteiger partial charge on any atom is 0.255 e. The molecule has 0 spiro atoms. The predicted octanol–water partition coefficient (Wildman–Crippen LogP) is 2.96. The van der Waals surface area contributed by atoms with Gasteiger partial charge in [0.15, 0.2) is 0 Å². The number of carbonyl (C=O) groups excluding carboxylic acids is 1. The van der Waals surface area contributed by atoms with Gasteiger partial charge in [0.1, 0.15) is 0 Å². The van der Waals surface area contributed by atoms with Gasteiger partial charge in [-0.05, 0) is 25.5 Å². The van der Waals surface area contributed by atoms with Crippen LogP contribution in [0.1, 0.15) is 23.0 Å². The van der Waals surface area contributed by atoms with E-state index < -0.39 is 0 Å². The highest BCUT2D eigenvalue weighted by molar-refractivity contribution is 5.97. The molecule has 1 aromatic carbocycles. The fourth-order valence-corrected chi connectivity index (χ4v) is 3.05. The maximum absolute atomic E-state index is 12.8. The molecule has 22 heavy (non-hydrogen) atoms. The zero-order valence-electron chi connectivity index (χ0n) is 13.2. The third kappa shape index (κ3) is 2.66. The average molecular weight is 298 g/mol. The SMILES string of the molecule is CCn1c(-c2ccccc2)cc(C(=O)N2CCOCC2)c1C. The third-order valence-corrected chi connectivity index (χ3v) is 4.28. The lowest BCUT2D eigenvalue weighted by molar-refractivity contribution is 0.0302. The predicted molar refractivity (Wildman–Crippen MR) is 87.0 cm³/mol. The first-order chi connectivity index (χ1) is 10.7. The number of benzene rings is 1. The number of aromatic nitrogens is 1. The van der Waals surface area contributed by atoms with Gasteiger partial charge in [-0.1, -0.05) is 30.3 Å². The van der Waals surface area contributed by atoms with Gasteiger partial charge in [0.25, 0.3) is 5.91 Å². The van der Waals surface area contributed by atoms with Crippen molar-refractivity contribution in [1.82, 2.24) is 9.47 Å². The van der Waals surface area contributed by atoms with Crippen LogP contribution in [0.25, 0.3) is 11.3 Å². The molecule has 1 fully saturated rings. The standard InChI is InChI=1S/C18H22N2O2/c1-3-20-14(2)16(18(21)19-9-11-22-12-10-19)13-17(20)15-7-5-4-6-8-15/h4-8,13H,3,9-12H2,1-2H3. The zero-order chi connectivity index (χ0) is 15.5. The van der Waals surface area contributed by atoms with E-state index in [4.69, 9.17) is 4.74 Å². The van der Waals surface area contributed by atoms with Crippen LogP contribution < -0.4 is 0 Å². The van der Waals surface area contributed by atoms with Gasteiger partial charge < -0.3 is 14.2 Å². The Labute approximate surface area is 131 Å². The minimum Gasteiger partial charge on any atom is -0.378 e. The monoisotopic (exact) mass is 298 g/mol. The van der Waals surface area contributed by atoms with Crippen molar-refractivity contribution in [3.05, 3.63) is 47.7 Å². The van der Waals surface area contributed by atoms with Crippen molar-refractivity contribution in [2.75, 3.05) is 26.3 Å². The largest absolute Gasteiger partial charge is 0.378 e. The second kappa shape index (κ2) is 6.36. The summed E-state index contributed by atoms with van der Waals surface area (Å²) in [5, 5.41) is 0. The Balaban J connectivity index is 1.99. The number of nitrogens with zero attached hydrogens (tertiary/aromatic N) is 2. The fourth-order valence-electron chi connectivity index (χ4n) is 3.05. The second-order valence-electron chi connectivity index (χ2n) is 5.54. The molecule has 0 radical (unpaired) electrons. The minimum atomic E-state index is 0.116. The van der Waals surface area contributed by atoms with Crippen LogP contribution in [0.2, 0.25) is 0 Å². The Morgan fingerprint density at radius 3 is 2.50 bits per heavy atom. The molecule has 1 amide bonds. The van der Waals surface area contributed by atoms with Gasteiger partial charge in [-0.25, -0.2) is 0 Å². The van der Waals surface area contributed by atoms with Crippen LogP contribution >= 0.6 is 0 Å². The number of amides is 1. The van der Waals surface area contributed by atoms with Crippen molar-refractivity contribution in [1.29, 1.82) is 0 Å². The quantitative estimate of drug-likeness (QED) is 0.873. The Morgan fingerprint density at radius 2 is 1.86 bits per heavy atom. The summed E-state index contributed by atoms with van der Waals surface area (Å²) in [6, 6.07) is 12.3. The minimum absolute atomic E-state index is 0.116. The summed E-state index contributed by atoms with van der Waals surface area (Å²) >= 11 is 0. The Bertz CT molecular complexity index is 655. The van der Waals surface area contributed by atoms with E-state index in [1.54, 1.807) is 0 Å². The van der Waals surface area contributed by atoms with Crippen molar-refractivity contribution in [2.24, 2.45) is 0 Å². The number of hydrogen-bond acceptors (Lipinski definition) is 2. The van der Waals surface area contributed by atoms with Crippen LogP contribution in [0.15, 0.2) is 36.4 Å². The van der Waals surface area contributed by atoms with Crippen molar-refractivity contribution in [3.63, 3.8) is 0 Å². The molecule has 2 heterocycles. The van der Waals surface area contributed by atoms with Gasteiger partial charge in [-0.2, -0.15) is 0 Å². The van der Waals surface area contributed by atoms with Gasteiger partial charge in [0, 0.05) is 31.0 Å². The van der Waals surface area contributed by atoms with Crippen LogP contribution in [0.4, 0.5) is 0 Å². The fraction of sp³-hybridized carbons (Fsp3) is 0.389. The smallest absolute Gasteiger partial charge is 0.255 e. The molecule has 0 unspecified atom stereocenters. The molecule has 3 rings (SSSR count). The number of hydrogen-bond donors (Lipinski definition) is 0. The second-order valence-corrected chi connectivity index (χ2v) is 5.54. The highest BCUT2D eigenvalue weighted by Crippen LogP contribution is 2.27. The lowest BCUT2D eigenvalue weighted by Crippen LogP contribution is -2.40. The van der Waals surface area contributed by atoms with Gasteiger partial charge in [-0.15, -0.1) is 0 Å². The molecule has 4 heteroatoms. The van der Waals surface area contributed by atoms with E-state index in [1.807, 2.05) is 36.1 Å². The van der Waals surface area contributed by atoms with Crippen LogP contribution in [0.5, 0.6) is 0 Å². The first-order valence-corrected chi connectivity index (χ1v) is 7.85. The Morgan fingerprint density at radius 1 is 1.18 bits per heavy atom. The van der Waals surface area contributed by atoms with Gasteiger partial charge in [-0.3, -0.25) is 4.79 Å². The molecule has 0 N–H and O–H groups in total. The van der Waals surface area contributed by atoms with Crippen LogP contribution in [-0.2, 0) is 11.3 Å². The third-order valence-electron chi connectivity index (χ3n) is 4.28. The van der Waals surface area contributed by atoms with Gasteiger partial charge >= 0.3 is 0 Å². The summed E-state index contributed by atoms with van der Waals surface area (Å²) < 4.78 is 7.55. The molecular weight excluding hydrogens is 276 g/mol. The van der Waals surface area contributed by atoms with Crippen LogP contribution in [0.3, 0.4) is 0 Å². The van der Waals surface area contributed by atoms with Crippen molar-refractivity contribution >= 4 is 5.91 Å². The molecule has 0 atom stereocenters. The van der Waals surface area contributed by atoms with E-state index in [2.05, 4.69) is 23.6 Å². The van der Waals surface area contributed by atoms with E-state index in [1.165, 1.54) is 0 Å².